The molecule has 0 unspecified atom stereocenters. The van der Waals surface area contributed by atoms with E-state index in [1.165, 1.54) is 28.2 Å². The molecular weight excluding hydrogens is 388 g/mol. The van der Waals surface area contributed by atoms with Gasteiger partial charge in [0, 0.05) is 11.6 Å². The van der Waals surface area contributed by atoms with Crippen molar-refractivity contribution in [3.05, 3.63) is 47.6 Å². The fourth-order valence-electron chi connectivity index (χ4n) is 6.25. The maximum absolute atomic E-state index is 12.9. The zero-order valence-corrected chi connectivity index (χ0v) is 19.0. The van der Waals surface area contributed by atoms with Gasteiger partial charge >= 0.3 is 5.97 Å². The Bertz CT molecular complexity index is 898. The summed E-state index contributed by atoms with van der Waals surface area (Å²) in [4.78, 5) is 16.8. The van der Waals surface area contributed by atoms with Crippen molar-refractivity contribution in [1.29, 1.82) is 0 Å². The second-order valence-corrected chi connectivity index (χ2v) is 10.1. The number of hydrogen-bond acceptors (Lipinski definition) is 4. The molecule has 4 aliphatic rings. The fraction of sp³-hybridized carbons (Fsp3) is 0.577. The Labute approximate surface area is 185 Å². The van der Waals surface area contributed by atoms with E-state index in [1.807, 2.05) is 12.1 Å². The number of rotatable bonds is 4. The van der Waals surface area contributed by atoms with Gasteiger partial charge in [0.1, 0.15) is 17.8 Å². The average Bonchev–Trinajstić information content (AvgIpc) is 3.06. The van der Waals surface area contributed by atoms with Gasteiger partial charge < -0.3 is 19.3 Å². The highest BCUT2D eigenvalue weighted by Crippen LogP contribution is 2.52. The normalized spacial score (nSPS) is 33.2. The smallest absolute Gasteiger partial charge is 0.315 e. The topological polar surface area (TPSA) is 43.2 Å². The Balaban J connectivity index is 1.25. The molecule has 0 spiro atoms. The number of hydrogen-bond donors (Lipinski definition) is 1. The number of carbonyl (C=O) groups excluding carboxylic acids is 1. The van der Waals surface area contributed by atoms with E-state index >= 15 is 0 Å². The van der Waals surface area contributed by atoms with Crippen LogP contribution in [0.15, 0.2) is 47.6 Å². The third kappa shape index (κ3) is 3.78. The first-order chi connectivity index (χ1) is 15.0. The monoisotopic (exact) mass is 423 g/mol. The van der Waals surface area contributed by atoms with E-state index in [9.17, 15) is 4.79 Å². The summed E-state index contributed by atoms with van der Waals surface area (Å²) in [6.45, 7) is 9.62. The Morgan fingerprint density at radius 1 is 1.23 bits per heavy atom. The van der Waals surface area contributed by atoms with Gasteiger partial charge in [-0.25, -0.2) is 0 Å². The van der Waals surface area contributed by atoms with Crippen LogP contribution in [0.1, 0.15) is 33.1 Å². The molecule has 2 saturated heterocycles. The summed E-state index contributed by atoms with van der Waals surface area (Å²) < 4.78 is 11.2. The molecule has 4 atom stereocenters. The summed E-state index contributed by atoms with van der Waals surface area (Å²) in [7, 11) is 1.70. The summed E-state index contributed by atoms with van der Waals surface area (Å²) in [5, 5.41) is 0. The van der Waals surface area contributed by atoms with Gasteiger partial charge in [0.2, 0.25) is 0 Å². The summed E-state index contributed by atoms with van der Waals surface area (Å²) in [5.41, 5.74) is 4.30. The number of nitrogens with one attached hydrogen (secondary N) is 1. The number of esters is 1. The molecular formula is C26H35N2O3+. The quantitative estimate of drug-likeness (QED) is 0.757. The van der Waals surface area contributed by atoms with E-state index in [1.54, 1.807) is 7.11 Å². The van der Waals surface area contributed by atoms with E-state index in [0.29, 0.717) is 0 Å². The van der Waals surface area contributed by atoms with Crippen LogP contribution >= 0.6 is 0 Å². The van der Waals surface area contributed by atoms with E-state index in [-0.39, 0.29) is 29.3 Å². The Morgan fingerprint density at radius 2 is 1.97 bits per heavy atom. The number of nitrogens with zero attached hydrogens (tertiary/aromatic N) is 1. The molecule has 166 valence electrons. The largest absolute Gasteiger partial charge is 0.497 e. The Kier molecular flexibility index (Phi) is 5.33. The molecule has 0 amide bonds. The highest BCUT2D eigenvalue weighted by Gasteiger charge is 2.52. The first-order valence-corrected chi connectivity index (χ1v) is 11.8. The minimum absolute atomic E-state index is 0.000636. The van der Waals surface area contributed by atoms with Gasteiger partial charge in [-0.05, 0) is 61.4 Å². The molecule has 5 nitrogen and oxygen atoms in total. The van der Waals surface area contributed by atoms with Crippen LogP contribution in [0, 0.1) is 17.3 Å². The summed E-state index contributed by atoms with van der Waals surface area (Å²) >= 11 is 0. The highest BCUT2D eigenvalue weighted by atomic mass is 16.6. The lowest BCUT2D eigenvalue weighted by atomic mass is 9.62. The van der Waals surface area contributed by atoms with Crippen LogP contribution in [-0.2, 0) is 9.53 Å². The molecule has 5 heteroatoms. The third-order valence-electron chi connectivity index (χ3n) is 8.11. The predicted octanol–water partition coefficient (Wildman–Crippen LogP) is 2.63. The SMILES string of the molecule is COc1ccc(N2CC[NH+](C[C@@H]3C(=O)O[C@@H]4C[C@@]5(C)CCC=C(C)C5=C[C@H]34)CC2)cc1. The van der Waals surface area contributed by atoms with Crippen LogP contribution in [0.4, 0.5) is 5.69 Å². The number of allylic oxidation sites excluding steroid dienone is 3. The number of ether oxygens (including phenoxy) is 2. The number of benzene rings is 1. The van der Waals surface area contributed by atoms with Gasteiger partial charge in [0.15, 0.2) is 0 Å². The molecule has 31 heavy (non-hydrogen) atoms. The third-order valence-corrected chi connectivity index (χ3v) is 8.11. The molecule has 1 N–H and O–H groups in total. The number of piperazine rings is 1. The maximum atomic E-state index is 12.9. The van der Waals surface area contributed by atoms with Crippen molar-refractivity contribution in [2.45, 2.75) is 39.2 Å². The zero-order chi connectivity index (χ0) is 21.6. The lowest BCUT2D eigenvalue weighted by Gasteiger charge is -2.43. The minimum atomic E-state index is -0.000636. The summed E-state index contributed by atoms with van der Waals surface area (Å²) in [6, 6.07) is 8.31. The number of quaternary nitrogens is 1. The molecule has 2 aliphatic heterocycles. The standard InChI is InChI=1S/C26H34N2O3/c1-18-5-4-10-26(2)16-24-21(15-23(18)26)22(25(29)31-24)17-27-11-13-28(14-12-27)19-6-8-20(30-3)9-7-19/h5-9,15,21-22,24H,4,10-14,16-17H2,1-3H3/p+1/t21-,22+,24-,26-/m1/s1. The van der Waals surface area contributed by atoms with Crippen molar-refractivity contribution in [2.75, 3.05) is 44.7 Å². The maximum Gasteiger partial charge on any atom is 0.315 e. The molecule has 0 aromatic heterocycles. The number of fused-ring (bicyclic) bond motifs is 2. The number of anilines is 1. The summed E-state index contributed by atoms with van der Waals surface area (Å²) in [5.74, 6) is 1.16. The summed E-state index contributed by atoms with van der Waals surface area (Å²) in [6.07, 6.45) is 8.14. The van der Waals surface area contributed by atoms with Crippen molar-refractivity contribution >= 4 is 11.7 Å². The van der Waals surface area contributed by atoms with Gasteiger partial charge in [-0.3, -0.25) is 4.79 Å². The van der Waals surface area contributed by atoms with Gasteiger partial charge in [-0.15, -0.1) is 0 Å². The van der Waals surface area contributed by atoms with Crippen LogP contribution in [-0.4, -0.2) is 51.9 Å². The lowest BCUT2D eigenvalue weighted by Crippen LogP contribution is -3.15. The van der Waals surface area contributed by atoms with Crippen LogP contribution in [0.3, 0.4) is 0 Å². The van der Waals surface area contributed by atoms with Crippen molar-refractivity contribution in [1.82, 2.24) is 0 Å². The van der Waals surface area contributed by atoms with Crippen molar-refractivity contribution in [3.8, 4) is 5.75 Å². The van der Waals surface area contributed by atoms with E-state index in [4.69, 9.17) is 9.47 Å². The first-order valence-electron chi connectivity index (χ1n) is 11.8. The zero-order valence-electron chi connectivity index (χ0n) is 19.0. The van der Waals surface area contributed by atoms with Crippen molar-refractivity contribution in [3.63, 3.8) is 0 Å². The van der Waals surface area contributed by atoms with Crippen molar-refractivity contribution < 1.29 is 19.2 Å². The molecule has 2 fully saturated rings. The fourth-order valence-corrected chi connectivity index (χ4v) is 6.25. The second kappa shape index (κ2) is 8.01. The van der Waals surface area contributed by atoms with Crippen LogP contribution in [0.5, 0.6) is 5.75 Å². The first kappa shape index (κ1) is 20.6. The second-order valence-electron chi connectivity index (χ2n) is 10.1. The Hall–Kier alpha value is -2.27. The predicted molar refractivity (Wildman–Crippen MR) is 121 cm³/mol. The minimum Gasteiger partial charge on any atom is -0.497 e. The van der Waals surface area contributed by atoms with Crippen LogP contribution in [0.25, 0.3) is 0 Å². The van der Waals surface area contributed by atoms with E-state index < -0.39 is 0 Å². The van der Waals surface area contributed by atoms with Crippen molar-refractivity contribution in [2.24, 2.45) is 17.3 Å². The highest BCUT2D eigenvalue weighted by molar-refractivity contribution is 5.76. The molecule has 2 heterocycles. The Morgan fingerprint density at radius 3 is 2.68 bits per heavy atom. The molecule has 1 aromatic carbocycles. The van der Waals surface area contributed by atoms with Gasteiger partial charge in [-0.1, -0.05) is 24.6 Å². The molecule has 5 rings (SSSR count). The van der Waals surface area contributed by atoms with Gasteiger partial charge in [0.25, 0.3) is 0 Å². The number of carbonyl (C=O) groups is 1. The average molecular weight is 424 g/mol. The van der Waals surface area contributed by atoms with Crippen LogP contribution in [0.2, 0.25) is 0 Å². The van der Waals surface area contributed by atoms with Crippen LogP contribution < -0.4 is 14.5 Å². The van der Waals surface area contributed by atoms with Gasteiger partial charge in [0.05, 0.1) is 39.8 Å². The molecule has 2 aliphatic carbocycles. The molecule has 1 aromatic rings. The molecule has 0 bridgehead atoms. The lowest BCUT2D eigenvalue weighted by molar-refractivity contribution is -0.903. The molecule has 0 radical (unpaired) electrons. The number of methoxy groups -OCH3 is 1. The van der Waals surface area contributed by atoms with Gasteiger partial charge in [-0.2, -0.15) is 0 Å². The molecule has 0 saturated carbocycles. The van der Waals surface area contributed by atoms with E-state index in [0.717, 1.165) is 51.3 Å². The van der Waals surface area contributed by atoms with E-state index in [2.05, 4.69) is 43.0 Å².